The molecule has 0 aliphatic heterocycles. The normalized spacial score (nSPS) is 12.4. The third-order valence-corrected chi connectivity index (χ3v) is 4.05. The topological polar surface area (TPSA) is 98.6 Å². The molecule has 1 atom stereocenters. The maximum atomic E-state index is 10.7. The Hall–Kier alpha value is -2.54. The van der Waals surface area contributed by atoms with E-state index in [-0.39, 0.29) is 12.8 Å². The van der Waals surface area contributed by atoms with Crippen LogP contribution in [0.1, 0.15) is 43.7 Å². The smallest absolute Gasteiger partial charge is 0.303 e. The van der Waals surface area contributed by atoms with Crippen molar-refractivity contribution in [3.05, 3.63) is 40.7 Å². The fraction of sp³-hybridized carbons (Fsp3) is 0.353. The fourth-order valence-corrected chi connectivity index (χ4v) is 2.61. The summed E-state index contributed by atoms with van der Waals surface area (Å²) in [6.45, 7) is 3.80. The Morgan fingerprint density at radius 3 is 2.92 bits per heavy atom. The monoisotopic (exact) mass is 364 g/mol. The Bertz CT molecular complexity index is 902. The zero-order valence-electron chi connectivity index (χ0n) is 13.8. The zero-order valence-corrected chi connectivity index (χ0v) is 14.5. The number of nitrogens with zero attached hydrogens (tertiary/aromatic N) is 2. The van der Waals surface area contributed by atoms with Crippen LogP contribution in [0, 0.1) is 0 Å². The summed E-state index contributed by atoms with van der Waals surface area (Å²) in [6, 6.07) is 3.30. The van der Waals surface area contributed by atoms with Gasteiger partial charge in [0, 0.05) is 17.9 Å². The van der Waals surface area contributed by atoms with Gasteiger partial charge in [-0.2, -0.15) is 0 Å². The number of aromatic nitrogens is 2. The molecule has 132 valence electrons. The van der Waals surface area contributed by atoms with Crippen LogP contribution >= 0.6 is 11.6 Å². The minimum Gasteiger partial charge on any atom is -0.481 e. The highest BCUT2D eigenvalue weighted by atomic mass is 35.5. The van der Waals surface area contributed by atoms with Gasteiger partial charge in [-0.15, -0.1) is 0 Å². The molecule has 0 saturated heterocycles. The van der Waals surface area contributed by atoms with Gasteiger partial charge in [-0.1, -0.05) is 23.7 Å². The summed E-state index contributed by atoms with van der Waals surface area (Å²) in [5.74, 6) is -0.0139. The number of carbonyl (C=O) groups is 1. The number of benzene rings is 1. The van der Waals surface area contributed by atoms with Crippen molar-refractivity contribution in [1.82, 2.24) is 10.1 Å². The number of ether oxygens (including phenoxy) is 1. The molecule has 1 aromatic carbocycles. The number of aliphatic carboxylic acids is 1. The Balaban J connectivity index is 1.82. The summed E-state index contributed by atoms with van der Waals surface area (Å²) >= 11 is 6.30. The van der Waals surface area contributed by atoms with Crippen LogP contribution in [-0.4, -0.2) is 21.2 Å². The molecule has 1 N–H and O–H groups in total. The van der Waals surface area contributed by atoms with Crippen molar-refractivity contribution in [3.63, 3.8) is 0 Å². The molecule has 0 fully saturated rings. The van der Waals surface area contributed by atoms with E-state index in [1.54, 1.807) is 18.4 Å². The van der Waals surface area contributed by atoms with E-state index in [0.29, 0.717) is 33.3 Å². The van der Waals surface area contributed by atoms with Gasteiger partial charge in [0.1, 0.15) is 12.0 Å². The van der Waals surface area contributed by atoms with Crippen LogP contribution in [0.15, 0.2) is 27.3 Å². The second-order valence-electron chi connectivity index (χ2n) is 5.59. The van der Waals surface area contributed by atoms with Crippen LogP contribution in [0.3, 0.4) is 0 Å². The van der Waals surface area contributed by atoms with Gasteiger partial charge in [0.05, 0.1) is 22.8 Å². The first-order valence-electron chi connectivity index (χ1n) is 7.88. The highest BCUT2D eigenvalue weighted by Crippen LogP contribution is 2.34. The van der Waals surface area contributed by atoms with Crippen molar-refractivity contribution < 1.29 is 23.6 Å². The van der Waals surface area contributed by atoms with Gasteiger partial charge >= 0.3 is 5.97 Å². The number of fused-ring (bicyclic) bond motifs is 1. The molecular formula is C17H17ClN2O5. The van der Waals surface area contributed by atoms with E-state index in [1.165, 1.54) is 0 Å². The van der Waals surface area contributed by atoms with Gasteiger partial charge in [0.25, 0.3) is 0 Å². The second kappa shape index (κ2) is 7.14. The highest BCUT2D eigenvalue weighted by Gasteiger charge is 2.18. The Morgan fingerprint density at radius 2 is 2.24 bits per heavy atom. The average Bonchev–Trinajstić information content (AvgIpc) is 3.20. The van der Waals surface area contributed by atoms with Gasteiger partial charge in [0.15, 0.2) is 11.7 Å². The number of hydrogen-bond acceptors (Lipinski definition) is 6. The Labute approximate surface area is 148 Å². The standard InChI is InChI=1S/C17H17ClN2O5/c1-3-10-8-23-17(19-10)9(2)24-15-7-14-11(6-12(15)18)13(20-25-14)4-5-16(21)22/h6-9H,3-5H2,1-2H3,(H,21,22)/t9-/m0/s1. The molecule has 2 heterocycles. The van der Waals surface area contributed by atoms with Crippen molar-refractivity contribution in [2.45, 2.75) is 39.2 Å². The molecule has 8 heteroatoms. The van der Waals surface area contributed by atoms with Gasteiger partial charge in [-0.05, 0) is 19.4 Å². The highest BCUT2D eigenvalue weighted by molar-refractivity contribution is 6.32. The molecule has 0 bridgehead atoms. The van der Waals surface area contributed by atoms with Crippen LogP contribution < -0.4 is 4.74 Å². The summed E-state index contributed by atoms with van der Waals surface area (Å²) in [4.78, 5) is 15.0. The zero-order chi connectivity index (χ0) is 18.0. The molecule has 0 saturated carbocycles. The van der Waals surface area contributed by atoms with Gasteiger partial charge in [-0.25, -0.2) is 4.98 Å². The van der Waals surface area contributed by atoms with Crippen molar-refractivity contribution in [2.75, 3.05) is 0 Å². The molecule has 0 amide bonds. The summed E-state index contributed by atoms with van der Waals surface area (Å²) in [6.07, 6.45) is 2.19. The molecule has 0 aliphatic rings. The largest absolute Gasteiger partial charge is 0.481 e. The van der Waals surface area contributed by atoms with Crippen LogP contribution in [0.25, 0.3) is 11.0 Å². The second-order valence-corrected chi connectivity index (χ2v) is 6.00. The van der Waals surface area contributed by atoms with Crippen molar-refractivity contribution >= 4 is 28.5 Å². The number of oxazole rings is 1. The van der Waals surface area contributed by atoms with Crippen LogP contribution in [0.5, 0.6) is 5.75 Å². The first-order chi connectivity index (χ1) is 12.0. The van der Waals surface area contributed by atoms with Crippen LogP contribution in [0.4, 0.5) is 0 Å². The summed E-state index contributed by atoms with van der Waals surface area (Å²) in [5.41, 5.74) is 1.89. The van der Waals surface area contributed by atoms with Crippen molar-refractivity contribution in [1.29, 1.82) is 0 Å². The summed E-state index contributed by atoms with van der Waals surface area (Å²) in [7, 11) is 0. The van der Waals surface area contributed by atoms with Crippen LogP contribution in [0.2, 0.25) is 5.02 Å². The minimum atomic E-state index is -0.895. The molecule has 3 rings (SSSR count). The molecule has 3 aromatic rings. The van der Waals surface area contributed by atoms with Gasteiger partial charge in [-0.3, -0.25) is 4.79 Å². The molecule has 0 aliphatic carbocycles. The predicted octanol–water partition coefficient (Wildman–Crippen LogP) is 4.19. The first kappa shape index (κ1) is 17.3. The Morgan fingerprint density at radius 1 is 1.44 bits per heavy atom. The SMILES string of the molecule is CCc1coc([C@H](C)Oc2cc3onc(CCC(=O)O)c3cc2Cl)n1. The van der Waals surface area contributed by atoms with Crippen molar-refractivity contribution in [3.8, 4) is 5.75 Å². The molecule has 0 spiro atoms. The van der Waals surface area contributed by atoms with E-state index in [0.717, 1.165) is 12.1 Å². The lowest BCUT2D eigenvalue weighted by molar-refractivity contribution is -0.136. The lowest BCUT2D eigenvalue weighted by Crippen LogP contribution is -2.04. The van der Waals surface area contributed by atoms with E-state index in [9.17, 15) is 4.79 Å². The lowest BCUT2D eigenvalue weighted by Gasteiger charge is -2.12. The lowest BCUT2D eigenvalue weighted by atomic mass is 10.1. The number of halogens is 1. The van der Waals surface area contributed by atoms with E-state index in [2.05, 4.69) is 10.1 Å². The van der Waals surface area contributed by atoms with E-state index in [4.69, 9.17) is 30.4 Å². The molecule has 7 nitrogen and oxygen atoms in total. The number of hydrogen-bond donors (Lipinski definition) is 1. The number of carboxylic acid groups (broad SMARTS) is 1. The number of aryl methyl sites for hydroxylation is 2. The molecule has 0 radical (unpaired) electrons. The number of carboxylic acids is 1. The van der Waals surface area contributed by atoms with Crippen LogP contribution in [-0.2, 0) is 17.6 Å². The number of rotatable bonds is 7. The van der Waals surface area contributed by atoms with E-state index in [1.807, 2.05) is 13.8 Å². The minimum absolute atomic E-state index is 0.0293. The average molecular weight is 365 g/mol. The maximum Gasteiger partial charge on any atom is 0.303 e. The van der Waals surface area contributed by atoms with Gasteiger partial charge < -0.3 is 18.8 Å². The first-order valence-corrected chi connectivity index (χ1v) is 8.26. The molecule has 0 unspecified atom stereocenters. The quantitative estimate of drug-likeness (QED) is 0.671. The third kappa shape index (κ3) is 3.76. The van der Waals surface area contributed by atoms with E-state index < -0.39 is 12.1 Å². The summed E-state index contributed by atoms with van der Waals surface area (Å²) in [5, 5.41) is 13.8. The third-order valence-electron chi connectivity index (χ3n) is 3.76. The maximum absolute atomic E-state index is 10.7. The molecular weight excluding hydrogens is 348 g/mol. The fourth-order valence-electron chi connectivity index (χ4n) is 2.40. The van der Waals surface area contributed by atoms with Gasteiger partial charge in [0.2, 0.25) is 5.89 Å². The summed E-state index contributed by atoms with van der Waals surface area (Å²) < 4.78 is 16.5. The van der Waals surface area contributed by atoms with Crippen molar-refractivity contribution in [2.24, 2.45) is 0 Å². The van der Waals surface area contributed by atoms with E-state index >= 15 is 0 Å². The molecule has 25 heavy (non-hydrogen) atoms. The Kier molecular flexibility index (Phi) is 4.94. The predicted molar refractivity (Wildman–Crippen MR) is 89.9 cm³/mol. The molecule has 2 aromatic heterocycles.